The molecule has 0 radical (unpaired) electrons. The SMILES string of the molecule is CN(c1ccc2c(c1)COC2)c1ccc2c(c1)CCC[C@H]2CN. The maximum Gasteiger partial charge on any atom is 0.0725 e. The Bertz CT molecular complexity index is 726. The zero-order chi connectivity index (χ0) is 15.8. The molecule has 0 aromatic heterocycles. The average molecular weight is 308 g/mol. The van der Waals surface area contributed by atoms with E-state index in [0.717, 1.165) is 19.8 Å². The number of nitrogens with two attached hydrogens (primary N) is 1. The molecule has 4 rings (SSSR count). The Morgan fingerprint density at radius 2 is 1.78 bits per heavy atom. The largest absolute Gasteiger partial charge is 0.372 e. The van der Waals surface area contributed by atoms with Gasteiger partial charge >= 0.3 is 0 Å². The van der Waals surface area contributed by atoms with Crippen molar-refractivity contribution in [3.63, 3.8) is 0 Å². The number of anilines is 2. The van der Waals surface area contributed by atoms with E-state index < -0.39 is 0 Å². The normalized spacial score (nSPS) is 19.3. The lowest BCUT2D eigenvalue weighted by Crippen LogP contribution is -2.19. The highest BCUT2D eigenvalue weighted by Crippen LogP contribution is 2.35. The van der Waals surface area contributed by atoms with Crippen molar-refractivity contribution in [3.8, 4) is 0 Å². The predicted molar refractivity (Wildman–Crippen MR) is 94.2 cm³/mol. The standard InChI is InChI=1S/C20H24N2O/c1-22(18-6-5-16-12-23-13-17(16)10-18)19-7-8-20-14(9-19)3-2-4-15(20)11-21/h5-10,15H,2-4,11-13,21H2,1H3/t15-/m0/s1. The van der Waals surface area contributed by atoms with Gasteiger partial charge in [-0.2, -0.15) is 0 Å². The average Bonchev–Trinajstić information content (AvgIpc) is 3.07. The molecule has 0 bridgehead atoms. The van der Waals surface area contributed by atoms with Crippen molar-refractivity contribution in [2.45, 2.75) is 38.4 Å². The quantitative estimate of drug-likeness (QED) is 0.935. The highest BCUT2D eigenvalue weighted by molar-refractivity contribution is 5.65. The Kier molecular flexibility index (Phi) is 3.83. The van der Waals surface area contributed by atoms with Crippen molar-refractivity contribution in [2.24, 2.45) is 5.73 Å². The molecular weight excluding hydrogens is 284 g/mol. The van der Waals surface area contributed by atoms with Crippen molar-refractivity contribution in [2.75, 3.05) is 18.5 Å². The maximum absolute atomic E-state index is 5.94. The van der Waals surface area contributed by atoms with Gasteiger partial charge in [0.15, 0.2) is 0 Å². The van der Waals surface area contributed by atoms with Gasteiger partial charge in [-0.25, -0.2) is 0 Å². The van der Waals surface area contributed by atoms with Crippen LogP contribution in [0, 0.1) is 0 Å². The number of hydrogen-bond acceptors (Lipinski definition) is 3. The Labute approximate surface area is 138 Å². The fraction of sp³-hybridized carbons (Fsp3) is 0.400. The molecule has 2 aromatic rings. The summed E-state index contributed by atoms with van der Waals surface area (Å²) in [7, 11) is 2.14. The molecule has 3 nitrogen and oxygen atoms in total. The minimum Gasteiger partial charge on any atom is -0.372 e. The molecule has 2 aliphatic rings. The molecule has 1 aliphatic carbocycles. The van der Waals surface area contributed by atoms with Crippen molar-refractivity contribution >= 4 is 11.4 Å². The lowest BCUT2D eigenvalue weighted by molar-refractivity contribution is 0.134. The molecule has 0 fully saturated rings. The Morgan fingerprint density at radius 1 is 1.04 bits per heavy atom. The first-order valence-electron chi connectivity index (χ1n) is 8.52. The molecule has 0 saturated heterocycles. The van der Waals surface area contributed by atoms with Gasteiger partial charge in [0.2, 0.25) is 0 Å². The molecule has 3 heteroatoms. The van der Waals surface area contributed by atoms with Crippen LogP contribution in [0.1, 0.15) is 41.0 Å². The van der Waals surface area contributed by atoms with E-state index in [2.05, 4.69) is 48.3 Å². The van der Waals surface area contributed by atoms with E-state index in [9.17, 15) is 0 Å². The summed E-state index contributed by atoms with van der Waals surface area (Å²) < 4.78 is 5.52. The van der Waals surface area contributed by atoms with Crippen LogP contribution in [0.15, 0.2) is 36.4 Å². The molecule has 0 unspecified atom stereocenters. The van der Waals surface area contributed by atoms with Crippen molar-refractivity contribution in [3.05, 3.63) is 58.7 Å². The minimum absolute atomic E-state index is 0.537. The Morgan fingerprint density at radius 3 is 2.61 bits per heavy atom. The van der Waals surface area contributed by atoms with Gasteiger partial charge in [0.05, 0.1) is 13.2 Å². The van der Waals surface area contributed by atoms with Crippen LogP contribution in [-0.2, 0) is 24.4 Å². The van der Waals surface area contributed by atoms with Gasteiger partial charge in [0, 0.05) is 18.4 Å². The third-order valence-electron chi connectivity index (χ3n) is 5.33. The third kappa shape index (κ3) is 2.64. The number of rotatable bonds is 3. The summed E-state index contributed by atoms with van der Waals surface area (Å²) in [5, 5.41) is 0. The fourth-order valence-corrected chi connectivity index (χ4v) is 3.87. The van der Waals surface area contributed by atoms with Crippen LogP contribution in [0.5, 0.6) is 0 Å². The van der Waals surface area contributed by atoms with Crippen molar-refractivity contribution in [1.29, 1.82) is 0 Å². The van der Waals surface area contributed by atoms with E-state index in [0.29, 0.717) is 5.92 Å². The van der Waals surface area contributed by atoms with Crippen LogP contribution in [0.4, 0.5) is 11.4 Å². The van der Waals surface area contributed by atoms with Gasteiger partial charge in [0.1, 0.15) is 0 Å². The van der Waals surface area contributed by atoms with Crippen LogP contribution in [-0.4, -0.2) is 13.6 Å². The van der Waals surface area contributed by atoms with Gasteiger partial charge in [-0.1, -0.05) is 12.1 Å². The molecule has 23 heavy (non-hydrogen) atoms. The predicted octanol–water partition coefficient (Wildman–Crippen LogP) is 3.86. The summed E-state index contributed by atoms with van der Waals surface area (Å²) in [5.74, 6) is 0.537. The molecular formula is C20H24N2O. The lowest BCUT2D eigenvalue weighted by Gasteiger charge is -2.27. The molecule has 1 aliphatic heterocycles. The van der Waals surface area contributed by atoms with Gasteiger partial charge in [0.25, 0.3) is 0 Å². The molecule has 0 amide bonds. The molecule has 0 saturated carbocycles. The summed E-state index contributed by atoms with van der Waals surface area (Å²) in [5.41, 5.74) is 14.0. The Hall–Kier alpha value is -1.84. The van der Waals surface area contributed by atoms with E-state index >= 15 is 0 Å². The molecule has 120 valence electrons. The van der Waals surface area contributed by atoms with E-state index in [1.54, 1.807) is 0 Å². The summed E-state index contributed by atoms with van der Waals surface area (Å²) in [4.78, 5) is 2.27. The number of ether oxygens (including phenoxy) is 1. The molecule has 2 N–H and O–H groups in total. The van der Waals surface area contributed by atoms with E-state index in [4.69, 9.17) is 10.5 Å². The zero-order valence-corrected chi connectivity index (χ0v) is 13.7. The number of nitrogens with zero attached hydrogens (tertiary/aromatic N) is 1. The van der Waals surface area contributed by atoms with Gasteiger partial charge in [-0.3, -0.25) is 0 Å². The van der Waals surface area contributed by atoms with Crippen LogP contribution >= 0.6 is 0 Å². The third-order valence-corrected chi connectivity index (χ3v) is 5.33. The Balaban J connectivity index is 1.65. The number of aryl methyl sites for hydroxylation is 1. The van der Waals surface area contributed by atoms with Crippen LogP contribution in [0.2, 0.25) is 0 Å². The van der Waals surface area contributed by atoms with Crippen LogP contribution in [0.3, 0.4) is 0 Å². The highest BCUT2D eigenvalue weighted by atomic mass is 16.5. The molecule has 2 aromatic carbocycles. The second kappa shape index (κ2) is 5.99. The number of hydrogen-bond donors (Lipinski definition) is 1. The van der Waals surface area contributed by atoms with Crippen molar-refractivity contribution < 1.29 is 4.74 Å². The first-order chi connectivity index (χ1) is 11.3. The number of benzene rings is 2. The summed E-state index contributed by atoms with van der Waals surface area (Å²) in [6.07, 6.45) is 3.65. The van der Waals surface area contributed by atoms with E-state index in [-0.39, 0.29) is 0 Å². The highest BCUT2D eigenvalue weighted by Gasteiger charge is 2.20. The minimum atomic E-state index is 0.537. The lowest BCUT2D eigenvalue weighted by atomic mass is 9.82. The summed E-state index contributed by atoms with van der Waals surface area (Å²) >= 11 is 0. The van der Waals surface area contributed by atoms with Gasteiger partial charge < -0.3 is 15.4 Å². The molecule has 0 spiro atoms. The van der Waals surface area contributed by atoms with Crippen LogP contribution < -0.4 is 10.6 Å². The molecule has 1 atom stereocenters. The zero-order valence-electron chi connectivity index (χ0n) is 13.7. The maximum atomic E-state index is 5.94. The van der Waals surface area contributed by atoms with Crippen molar-refractivity contribution in [1.82, 2.24) is 0 Å². The van der Waals surface area contributed by atoms with E-state index in [1.807, 2.05) is 0 Å². The summed E-state index contributed by atoms with van der Waals surface area (Å²) in [6, 6.07) is 13.5. The number of fused-ring (bicyclic) bond motifs is 2. The van der Waals surface area contributed by atoms with Crippen LogP contribution in [0.25, 0.3) is 0 Å². The van der Waals surface area contributed by atoms with Gasteiger partial charge in [-0.05, 0) is 78.2 Å². The first kappa shape index (κ1) is 14.7. The monoisotopic (exact) mass is 308 g/mol. The smallest absolute Gasteiger partial charge is 0.0725 e. The molecule has 1 heterocycles. The first-order valence-corrected chi connectivity index (χ1v) is 8.52. The van der Waals surface area contributed by atoms with E-state index in [1.165, 1.54) is 52.9 Å². The second-order valence-electron chi connectivity index (χ2n) is 6.71. The topological polar surface area (TPSA) is 38.5 Å². The summed E-state index contributed by atoms with van der Waals surface area (Å²) in [6.45, 7) is 2.24. The fourth-order valence-electron chi connectivity index (χ4n) is 3.87. The van der Waals surface area contributed by atoms with Gasteiger partial charge in [-0.15, -0.1) is 0 Å². The second-order valence-corrected chi connectivity index (χ2v) is 6.71.